The average Bonchev–Trinajstić information content (AvgIpc) is 1.78. The Balaban J connectivity index is 3.88. The fourth-order valence-electron chi connectivity index (χ4n) is 0.430. The van der Waals surface area contributed by atoms with Gasteiger partial charge in [-0.15, -0.1) is 0 Å². The van der Waals surface area contributed by atoms with Crippen molar-refractivity contribution in [3.8, 4) is 0 Å². The molecule has 0 radical (unpaired) electrons. The summed E-state index contributed by atoms with van der Waals surface area (Å²) in [6.07, 6.45) is 6.88. The SMILES string of the molecule is C[C](=[W])N=CC=[C-]C(C)(C)C. The van der Waals surface area contributed by atoms with Gasteiger partial charge < -0.3 is 0 Å². The summed E-state index contributed by atoms with van der Waals surface area (Å²) in [5, 5.41) is 0. The Bertz CT molecular complexity index is 184. The van der Waals surface area contributed by atoms with Crippen LogP contribution in [-0.2, 0) is 19.4 Å². The third-order valence-corrected chi connectivity index (χ3v) is 1.23. The standard InChI is InChI=1S/C9H14N.W/c1-5-10-8-6-7-9(2,3)4;/h6,8H,1-4H3;/q-1;. The Labute approximate surface area is 80.0 Å². The normalized spacial score (nSPS) is 13.1. The molecule has 0 heterocycles. The molecule has 0 bridgehead atoms. The topological polar surface area (TPSA) is 12.4 Å². The summed E-state index contributed by atoms with van der Waals surface area (Å²) in [5.41, 5.74) is 0.139. The van der Waals surface area contributed by atoms with Crippen LogP contribution >= 0.6 is 0 Å². The van der Waals surface area contributed by atoms with Crippen LogP contribution in [0, 0.1) is 11.5 Å². The van der Waals surface area contributed by atoms with Gasteiger partial charge in [0.25, 0.3) is 0 Å². The van der Waals surface area contributed by atoms with Crippen LogP contribution in [0.4, 0.5) is 0 Å². The van der Waals surface area contributed by atoms with Crippen LogP contribution in [-0.4, -0.2) is 10.2 Å². The molecule has 0 rings (SSSR count). The maximum atomic E-state index is 4.14. The summed E-state index contributed by atoms with van der Waals surface area (Å²) in [4.78, 5) is 4.14. The Hall–Kier alpha value is -0.0317. The molecule has 0 aromatic rings. The molecular formula is C9H14NW-. The first kappa shape index (κ1) is 11.0. The van der Waals surface area contributed by atoms with E-state index in [-0.39, 0.29) is 5.41 Å². The number of hydrogen-bond acceptors (Lipinski definition) is 1. The summed E-state index contributed by atoms with van der Waals surface area (Å²) in [5.74, 6) is 0. The number of hydrogen-bond donors (Lipinski definition) is 0. The van der Waals surface area contributed by atoms with E-state index in [1.807, 2.05) is 13.0 Å². The van der Waals surface area contributed by atoms with Crippen LogP contribution in [0.5, 0.6) is 0 Å². The van der Waals surface area contributed by atoms with Gasteiger partial charge in [0, 0.05) is 0 Å². The van der Waals surface area contributed by atoms with Gasteiger partial charge >= 0.3 is 79.8 Å². The zero-order valence-electron chi connectivity index (χ0n) is 7.51. The van der Waals surface area contributed by atoms with Crippen LogP contribution in [0.3, 0.4) is 0 Å². The van der Waals surface area contributed by atoms with E-state index in [9.17, 15) is 0 Å². The molecule has 0 spiro atoms. The van der Waals surface area contributed by atoms with Gasteiger partial charge in [-0.3, -0.25) is 0 Å². The number of nitrogens with zero attached hydrogens (tertiary/aromatic N) is 1. The zero-order valence-corrected chi connectivity index (χ0v) is 10.4. The van der Waals surface area contributed by atoms with E-state index in [1.165, 1.54) is 19.4 Å². The molecule has 0 aliphatic rings. The maximum absolute atomic E-state index is 4.14. The molecule has 11 heavy (non-hydrogen) atoms. The Morgan fingerprint density at radius 1 is 1.45 bits per heavy atom. The summed E-state index contributed by atoms with van der Waals surface area (Å²) < 4.78 is 1.15. The first-order valence-corrected chi connectivity index (χ1v) is 5.02. The second-order valence-corrected chi connectivity index (χ2v) is 5.48. The minimum atomic E-state index is 0.139. The molecule has 0 unspecified atom stereocenters. The predicted octanol–water partition coefficient (Wildman–Crippen LogP) is 2.16. The summed E-state index contributed by atoms with van der Waals surface area (Å²) in [6, 6.07) is 0. The van der Waals surface area contributed by atoms with Gasteiger partial charge in [-0.05, 0) is 0 Å². The minimum absolute atomic E-state index is 0.139. The van der Waals surface area contributed by atoms with Gasteiger partial charge in [0.15, 0.2) is 0 Å². The molecule has 1 nitrogen and oxygen atoms in total. The van der Waals surface area contributed by atoms with Crippen molar-refractivity contribution in [2.24, 2.45) is 10.4 Å². The van der Waals surface area contributed by atoms with Crippen LogP contribution in [0.25, 0.3) is 0 Å². The van der Waals surface area contributed by atoms with Crippen molar-refractivity contribution in [2.75, 3.05) is 0 Å². The molecular weight excluding hydrogens is 306 g/mol. The Kier molecular flexibility index (Phi) is 4.75. The molecule has 0 saturated carbocycles. The van der Waals surface area contributed by atoms with Gasteiger partial charge in [0.1, 0.15) is 0 Å². The number of rotatable bonds is 2. The van der Waals surface area contributed by atoms with Crippen molar-refractivity contribution in [1.29, 1.82) is 0 Å². The second-order valence-electron chi connectivity index (χ2n) is 3.36. The average molecular weight is 320 g/mol. The molecule has 0 aromatic carbocycles. The third kappa shape index (κ3) is 9.97. The molecule has 0 aliphatic heterocycles. The van der Waals surface area contributed by atoms with Crippen LogP contribution in [0.1, 0.15) is 27.7 Å². The fraction of sp³-hybridized carbons (Fsp3) is 0.556. The molecule has 0 saturated heterocycles. The quantitative estimate of drug-likeness (QED) is 0.546. The molecule has 0 N–H and O–H groups in total. The summed E-state index contributed by atoms with van der Waals surface area (Å²) in [7, 11) is 0. The van der Waals surface area contributed by atoms with Crippen LogP contribution < -0.4 is 0 Å². The molecule has 0 amide bonds. The van der Waals surface area contributed by atoms with E-state index < -0.39 is 0 Å². The molecule has 0 aliphatic carbocycles. The van der Waals surface area contributed by atoms with E-state index >= 15 is 0 Å². The van der Waals surface area contributed by atoms with Crippen LogP contribution in [0.2, 0.25) is 0 Å². The number of aliphatic imine (C=N–C) groups is 1. The molecule has 0 fully saturated rings. The van der Waals surface area contributed by atoms with E-state index in [4.69, 9.17) is 0 Å². The molecule has 62 valence electrons. The Morgan fingerprint density at radius 2 is 2.00 bits per heavy atom. The molecule has 0 atom stereocenters. The van der Waals surface area contributed by atoms with Gasteiger partial charge in [-0.1, -0.05) is 0 Å². The number of allylic oxidation sites excluding steroid dienone is 2. The summed E-state index contributed by atoms with van der Waals surface area (Å²) in [6.45, 7) is 8.36. The first-order valence-electron chi connectivity index (χ1n) is 3.56. The second kappa shape index (κ2) is 4.77. The Morgan fingerprint density at radius 3 is 2.36 bits per heavy atom. The monoisotopic (exact) mass is 320 g/mol. The van der Waals surface area contributed by atoms with Crippen molar-refractivity contribution >= 4 is 10.2 Å². The van der Waals surface area contributed by atoms with Crippen molar-refractivity contribution in [3.63, 3.8) is 0 Å². The third-order valence-electron chi connectivity index (χ3n) is 0.847. The van der Waals surface area contributed by atoms with Crippen molar-refractivity contribution < 1.29 is 19.4 Å². The van der Waals surface area contributed by atoms with E-state index in [0.29, 0.717) is 0 Å². The van der Waals surface area contributed by atoms with Gasteiger partial charge in [-0.25, -0.2) is 0 Å². The van der Waals surface area contributed by atoms with Crippen molar-refractivity contribution in [3.05, 3.63) is 12.2 Å². The van der Waals surface area contributed by atoms with Crippen molar-refractivity contribution in [1.82, 2.24) is 0 Å². The zero-order chi connectivity index (χ0) is 8.91. The van der Waals surface area contributed by atoms with Gasteiger partial charge in [-0.2, -0.15) is 0 Å². The van der Waals surface area contributed by atoms with E-state index in [2.05, 4.69) is 31.8 Å². The van der Waals surface area contributed by atoms with Crippen LogP contribution in [0.15, 0.2) is 11.1 Å². The van der Waals surface area contributed by atoms with E-state index in [0.717, 1.165) is 4.02 Å². The van der Waals surface area contributed by atoms with Gasteiger partial charge in [0.2, 0.25) is 0 Å². The predicted molar refractivity (Wildman–Crippen MR) is 46.4 cm³/mol. The van der Waals surface area contributed by atoms with Crippen molar-refractivity contribution in [2.45, 2.75) is 27.7 Å². The van der Waals surface area contributed by atoms with Gasteiger partial charge in [0.05, 0.1) is 0 Å². The van der Waals surface area contributed by atoms with E-state index in [1.54, 1.807) is 6.21 Å². The summed E-state index contributed by atoms with van der Waals surface area (Å²) >= 11 is 1.42. The molecule has 2 heteroatoms. The fourth-order valence-corrected chi connectivity index (χ4v) is 0.648. The first-order chi connectivity index (χ1) is 4.92. The molecule has 0 aromatic heterocycles.